The molecule has 0 aliphatic carbocycles. The lowest BCUT2D eigenvalue weighted by molar-refractivity contribution is 0.585. The average molecular weight is 347 g/mol. The molecule has 0 aliphatic rings. The van der Waals surface area contributed by atoms with Crippen LogP contribution in [0.25, 0.3) is 0 Å². The zero-order chi connectivity index (χ0) is 17.4. The fourth-order valence-electron chi connectivity index (χ4n) is 2.38. The van der Waals surface area contributed by atoms with Crippen LogP contribution in [0.1, 0.15) is 28.4 Å². The number of aromatic nitrogens is 2. The van der Waals surface area contributed by atoms with E-state index in [-0.39, 0.29) is 5.56 Å². The molecule has 0 spiro atoms. The summed E-state index contributed by atoms with van der Waals surface area (Å²) in [6.45, 7) is 6.35. The van der Waals surface area contributed by atoms with Crippen molar-refractivity contribution in [2.24, 2.45) is 4.99 Å². The maximum Gasteiger partial charge on any atom is 0.250 e. The van der Waals surface area contributed by atoms with Crippen LogP contribution in [0.15, 0.2) is 34.2 Å². The van der Waals surface area contributed by atoms with Gasteiger partial charge in [-0.1, -0.05) is 6.07 Å². The molecule has 2 heterocycles. The molecule has 0 bridgehead atoms. The van der Waals surface area contributed by atoms with Crippen LogP contribution in [0.3, 0.4) is 0 Å². The minimum atomic E-state index is 0.0538. The zero-order valence-corrected chi connectivity index (χ0v) is 15.3. The summed E-state index contributed by atoms with van der Waals surface area (Å²) in [4.78, 5) is 21.5. The smallest absolute Gasteiger partial charge is 0.250 e. The first-order valence-corrected chi connectivity index (χ1v) is 8.94. The Morgan fingerprint density at radius 1 is 1.29 bits per heavy atom. The number of hydrogen-bond acceptors (Lipinski definition) is 4. The van der Waals surface area contributed by atoms with Gasteiger partial charge in [-0.3, -0.25) is 9.79 Å². The topological polar surface area (TPSA) is 71.3 Å². The molecule has 2 aromatic heterocycles. The summed E-state index contributed by atoms with van der Waals surface area (Å²) in [5.41, 5.74) is 1.13. The van der Waals surface area contributed by atoms with Crippen molar-refractivity contribution in [2.45, 2.75) is 39.8 Å². The highest BCUT2D eigenvalue weighted by Gasteiger charge is 2.05. The number of unbranched alkanes of at least 4 members (excludes halogenated alkanes) is 1. The van der Waals surface area contributed by atoms with Gasteiger partial charge in [0, 0.05) is 37.3 Å². The Morgan fingerprint density at radius 3 is 2.79 bits per heavy atom. The van der Waals surface area contributed by atoms with E-state index in [0.717, 1.165) is 49.1 Å². The fraction of sp³-hybridized carbons (Fsp3) is 0.471. The summed E-state index contributed by atoms with van der Waals surface area (Å²) in [6.07, 6.45) is 3.75. The quantitative estimate of drug-likeness (QED) is 0.457. The number of aryl methyl sites for hydroxylation is 3. The standard InChI is InChI=1S/C17H25N5OS/c1-13-15(24-14(2)21-13)12-20-17(18-3)19-9-5-7-11-22-10-6-4-8-16(22)23/h4,6,8,10H,5,7,9,11-12H2,1-3H3,(H2,18,19,20). The third kappa shape index (κ3) is 5.49. The highest BCUT2D eigenvalue weighted by Crippen LogP contribution is 2.16. The third-order valence-corrected chi connectivity index (χ3v) is 4.73. The van der Waals surface area contributed by atoms with E-state index in [9.17, 15) is 4.79 Å². The minimum absolute atomic E-state index is 0.0538. The Kier molecular flexibility index (Phi) is 6.99. The number of guanidine groups is 1. The molecule has 0 amide bonds. The molecule has 0 unspecified atom stereocenters. The monoisotopic (exact) mass is 347 g/mol. The van der Waals surface area contributed by atoms with Crippen molar-refractivity contribution in [2.75, 3.05) is 13.6 Å². The van der Waals surface area contributed by atoms with Gasteiger partial charge >= 0.3 is 0 Å². The molecule has 0 radical (unpaired) electrons. The van der Waals surface area contributed by atoms with Crippen LogP contribution >= 0.6 is 11.3 Å². The summed E-state index contributed by atoms with van der Waals surface area (Å²) < 4.78 is 1.74. The normalized spacial score (nSPS) is 11.5. The van der Waals surface area contributed by atoms with E-state index in [0.29, 0.717) is 0 Å². The molecule has 6 nitrogen and oxygen atoms in total. The molecule has 0 fully saturated rings. The van der Waals surface area contributed by atoms with Crippen LogP contribution in [-0.2, 0) is 13.1 Å². The summed E-state index contributed by atoms with van der Waals surface area (Å²) in [6, 6.07) is 5.24. The SMILES string of the molecule is CN=C(NCCCCn1ccccc1=O)NCc1sc(C)nc1C. The van der Waals surface area contributed by atoms with Crippen LogP contribution in [0.2, 0.25) is 0 Å². The maximum absolute atomic E-state index is 11.6. The van der Waals surface area contributed by atoms with Gasteiger partial charge < -0.3 is 15.2 Å². The van der Waals surface area contributed by atoms with E-state index in [1.807, 2.05) is 26.1 Å². The molecule has 24 heavy (non-hydrogen) atoms. The highest BCUT2D eigenvalue weighted by molar-refractivity contribution is 7.11. The second-order valence-corrected chi connectivity index (χ2v) is 6.82. The van der Waals surface area contributed by atoms with E-state index in [2.05, 4.69) is 20.6 Å². The number of hydrogen-bond donors (Lipinski definition) is 2. The largest absolute Gasteiger partial charge is 0.356 e. The van der Waals surface area contributed by atoms with Crippen molar-refractivity contribution in [3.8, 4) is 0 Å². The maximum atomic E-state index is 11.6. The van der Waals surface area contributed by atoms with Gasteiger partial charge in [-0.05, 0) is 32.8 Å². The number of rotatable bonds is 7. The number of thiazole rings is 1. The van der Waals surface area contributed by atoms with Crippen molar-refractivity contribution in [1.82, 2.24) is 20.2 Å². The van der Waals surface area contributed by atoms with Gasteiger partial charge in [-0.25, -0.2) is 4.98 Å². The molecule has 0 aliphatic heterocycles. The Labute approximate surface area is 146 Å². The number of aliphatic imine (C=N–C) groups is 1. The molecule has 2 N–H and O–H groups in total. The third-order valence-electron chi connectivity index (χ3n) is 3.66. The molecule has 0 saturated carbocycles. The van der Waals surface area contributed by atoms with Crippen LogP contribution in [0.5, 0.6) is 0 Å². The van der Waals surface area contributed by atoms with E-state index in [1.165, 1.54) is 4.88 Å². The average Bonchev–Trinajstić information content (AvgIpc) is 2.89. The van der Waals surface area contributed by atoms with Gasteiger partial charge in [0.2, 0.25) is 5.56 Å². The Hall–Kier alpha value is -2.15. The van der Waals surface area contributed by atoms with Gasteiger partial charge in [0.1, 0.15) is 0 Å². The van der Waals surface area contributed by atoms with Gasteiger partial charge in [0.25, 0.3) is 0 Å². The summed E-state index contributed by atoms with van der Waals surface area (Å²) >= 11 is 1.71. The summed E-state index contributed by atoms with van der Waals surface area (Å²) in [7, 11) is 1.77. The Morgan fingerprint density at radius 2 is 2.12 bits per heavy atom. The number of nitrogens with zero attached hydrogens (tertiary/aromatic N) is 3. The first-order chi connectivity index (χ1) is 11.6. The molecular weight excluding hydrogens is 322 g/mol. The second kappa shape index (κ2) is 9.22. The molecule has 0 aromatic carbocycles. The lowest BCUT2D eigenvalue weighted by Gasteiger charge is -2.11. The van der Waals surface area contributed by atoms with Crippen LogP contribution in [-0.4, -0.2) is 29.1 Å². The van der Waals surface area contributed by atoms with E-state index >= 15 is 0 Å². The molecule has 7 heteroatoms. The molecule has 2 rings (SSSR count). The van der Waals surface area contributed by atoms with E-state index in [4.69, 9.17) is 0 Å². The predicted molar refractivity (Wildman–Crippen MR) is 99.7 cm³/mol. The number of nitrogens with one attached hydrogen (secondary N) is 2. The number of pyridine rings is 1. The molecule has 130 valence electrons. The van der Waals surface area contributed by atoms with Crippen LogP contribution < -0.4 is 16.2 Å². The Bertz CT molecular complexity index is 735. The zero-order valence-electron chi connectivity index (χ0n) is 14.5. The molecule has 0 saturated heterocycles. The van der Waals surface area contributed by atoms with Gasteiger partial charge in [-0.15, -0.1) is 11.3 Å². The van der Waals surface area contributed by atoms with Gasteiger partial charge in [-0.2, -0.15) is 0 Å². The second-order valence-electron chi connectivity index (χ2n) is 5.53. The van der Waals surface area contributed by atoms with Gasteiger partial charge in [0.05, 0.1) is 17.2 Å². The first-order valence-electron chi connectivity index (χ1n) is 8.13. The minimum Gasteiger partial charge on any atom is -0.356 e. The van der Waals surface area contributed by atoms with Crippen molar-refractivity contribution in [3.63, 3.8) is 0 Å². The molecule has 2 aromatic rings. The lowest BCUT2D eigenvalue weighted by atomic mass is 10.3. The fourth-order valence-corrected chi connectivity index (χ4v) is 3.26. The van der Waals surface area contributed by atoms with Crippen molar-refractivity contribution >= 4 is 17.3 Å². The lowest BCUT2D eigenvalue weighted by Crippen LogP contribution is -2.37. The molecular formula is C17H25N5OS. The van der Waals surface area contributed by atoms with E-state index < -0.39 is 0 Å². The Balaban J connectivity index is 1.67. The van der Waals surface area contributed by atoms with Crippen molar-refractivity contribution < 1.29 is 0 Å². The summed E-state index contributed by atoms with van der Waals surface area (Å²) in [5, 5.41) is 7.70. The highest BCUT2D eigenvalue weighted by atomic mass is 32.1. The van der Waals surface area contributed by atoms with Crippen molar-refractivity contribution in [1.29, 1.82) is 0 Å². The first kappa shape index (κ1) is 18.2. The van der Waals surface area contributed by atoms with Crippen molar-refractivity contribution in [3.05, 3.63) is 50.3 Å². The van der Waals surface area contributed by atoms with E-state index in [1.54, 1.807) is 35.1 Å². The predicted octanol–water partition coefficient (Wildman–Crippen LogP) is 2.07. The van der Waals surface area contributed by atoms with Gasteiger partial charge in [0.15, 0.2) is 5.96 Å². The van der Waals surface area contributed by atoms with Crippen LogP contribution in [0.4, 0.5) is 0 Å². The summed E-state index contributed by atoms with van der Waals surface area (Å²) in [5.74, 6) is 0.789. The molecule has 0 atom stereocenters. The van der Waals surface area contributed by atoms with Crippen LogP contribution in [0, 0.1) is 13.8 Å².